The number of benzene rings is 1. The van der Waals surface area contributed by atoms with Gasteiger partial charge in [0.15, 0.2) is 0 Å². The van der Waals surface area contributed by atoms with Crippen molar-refractivity contribution in [1.82, 2.24) is 9.80 Å². The molecule has 1 saturated heterocycles. The predicted molar refractivity (Wildman–Crippen MR) is 123 cm³/mol. The molecule has 1 aromatic carbocycles. The van der Waals surface area contributed by atoms with E-state index in [1.165, 1.54) is 7.05 Å². The number of amides is 2. The number of aliphatic hydroxyl groups is 1. The molecule has 2 N–H and O–H groups in total. The molecular weight excluding hydrogens is 416 g/mol. The van der Waals surface area contributed by atoms with Crippen molar-refractivity contribution < 1.29 is 19.8 Å². The summed E-state index contributed by atoms with van der Waals surface area (Å²) in [5.74, 6) is -0.346. The number of likely N-dealkylation sites (N-methyl/N-ethyl adjacent to an activating group) is 1. The number of rotatable bonds is 5. The Hall–Kier alpha value is -1.79. The second kappa shape index (κ2) is 8.99. The molecule has 6 nitrogen and oxygen atoms in total. The minimum atomic E-state index is -1.12. The van der Waals surface area contributed by atoms with Gasteiger partial charge in [0.1, 0.15) is 6.04 Å². The third kappa shape index (κ3) is 5.53. The van der Waals surface area contributed by atoms with Gasteiger partial charge in [-0.3, -0.25) is 9.69 Å². The molecule has 1 aliphatic heterocycles. The van der Waals surface area contributed by atoms with Crippen LogP contribution in [0.2, 0.25) is 5.02 Å². The number of halogens is 1. The zero-order valence-electron chi connectivity index (χ0n) is 19.8. The molecule has 2 amide bonds. The molecule has 0 spiro atoms. The van der Waals surface area contributed by atoms with Crippen LogP contribution in [0.15, 0.2) is 24.3 Å². The number of hydrogen-bond acceptors (Lipinski definition) is 3. The van der Waals surface area contributed by atoms with Crippen molar-refractivity contribution in [3.8, 4) is 0 Å². The summed E-state index contributed by atoms with van der Waals surface area (Å²) >= 11 is 6.01. The van der Waals surface area contributed by atoms with Gasteiger partial charge < -0.3 is 15.1 Å². The number of carbonyl (C=O) groups excluding carboxylic acids is 1. The van der Waals surface area contributed by atoms with E-state index < -0.39 is 23.2 Å². The van der Waals surface area contributed by atoms with E-state index in [0.29, 0.717) is 31.0 Å². The highest BCUT2D eigenvalue weighted by atomic mass is 35.5. The monoisotopic (exact) mass is 452 g/mol. The van der Waals surface area contributed by atoms with E-state index in [1.807, 2.05) is 32.9 Å². The van der Waals surface area contributed by atoms with Gasteiger partial charge in [-0.05, 0) is 41.9 Å². The number of hydrogen-bond donors (Lipinski definition) is 2. The maximum absolute atomic E-state index is 13.6. The largest absolute Gasteiger partial charge is 0.465 e. The maximum atomic E-state index is 13.6. The van der Waals surface area contributed by atoms with E-state index in [-0.39, 0.29) is 17.2 Å². The standard InChI is InChI=1S/C24H37ClN2O4/c1-16(14-22(2,3)4)19(26(7)21(29)30)20(28)27-13-12-24(31,23(5,6)15-27)17-8-10-18(25)11-9-17/h8-11,16,19,31H,12-15H2,1-7H3,(H,29,30)/t16-,19?,24+/m1/s1. The molecule has 1 aromatic rings. The minimum absolute atomic E-state index is 0.0344. The van der Waals surface area contributed by atoms with Gasteiger partial charge in [-0.1, -0.05) is 65.3 Å². The molecule has 174 valence electrons. The van der Waals surface area contributed by atoms with Crippen LogP contribution in [-0.4, -0.2) is 58.2 Å². The zero-order valence-corrected chi connectivity index (χ0v) is 20.5. The van der Waals surface area contributed by atoms with Crippen molar-refractivity contribution in [3.63, 3.8) is 0 Å². The van der Waals surface area contributed by atoms with Crippen LogP contribution < -0.4 is 0 Å². The lowest BCUT2D eigenvalue weighted by Gasteiger charge is -2.51. The van der Waals surface area contributed by atoms with Crippen LogP contribution in [0, 0.1) is 16.7 Å². The van der Waals surface area contributed by atoms with Gasteiger partial charge >= 0.3 is 6.09 Å². The van der Waals surface area contributed by atoms with Gasteiger partial charge in [-0.2, -0.15) is 0 Å². The van der Waals surface area contributed by atoms with Crippen molar-refractivity contribution in [3.05, 3.63) is 34.9 Å². The van der Waals surface area contributed by atoms with E-state index in [1.54, 1.807) is 17.0 Å². The van der Waals surface area contributed by atoms with Crippen molar-refractivity contribution in [2.75, 3.05) is 20.1 Å². The molecule has 0 aromatic heterocycles. The molecule has 1 heterocycles. The summed E-state index contributed by atoms with van der Waals surface area (Å²) < 4.78 is 0. The summed E-state index contributed by atoms with van der Waals surface area (Å²) in [5, 5.41) is 21.8. The molecule has 0 bridgehead atoms. The summed E-state index contributed by atoms with van der Waals surface area (Å²) in [6.07, 6.45) is -0.0367. The predicted octanol–water partition coefficient (Wildman–Crippen LogP) is 4.84. The number of likely N-dealkylation sites (tertiary alicyclic amines) is 1. The molecule has 1 fully saturated rings. The molecular formula is C24H37ClN2O4. The minimum Gasteiger partial charge on any atom is -0.465 e. The molecule has 31 heavy (non-hydrogen) atoms. The van der Waals surface area contributed by atoms with E-state index in [4.69, 9.17) is 11.6 Å². The van der Waals surface area contributed by atoms with Crippen molar-refractivity contribution in [2.45, 2.75) is 66.0 Å². The molecule has 7 heteroatoms. The van der Waals surface area contributed by atoms with E-state index in [9.17, 15) is 19.8 Å². The molecule has 0 radical (unpaired) electrons. The van der Waals surface area contributed by atoms with Gasteiger partial charge in [0, 0.05) is 30.6 Å². The number of nitrogens with zero attached hydrogens (tertiary/aromatic N) is 2. The van der Waals surface area contributed by atoms with Gasteiger partial charge in [-0.15, -0.1) is 0 Å². The summed E-state index contributed by atoms with van der Waals surface area (Å²) in [6, 6.07) is 6.40. The Balaban J connectivity index is 2.30. The Morgan fingerprint density at radius 1 is 1.23 bits per heavy atom. The smallest absolute Gasteiger partial charge is 0.407 e. The fourth-order valence-electron chi connectivity index (χ4n) is 4.95. The summed E-state index contributed by atoms with van der Waals surface area (Å²) in [6.45, 7) is 12.8. The second-order valence-corrected chi connectivity index (χ2v) is 11.3. The Labute approximate surface area is 191 Å². The topological polar surface area (TPSA) is 81.1 Å². The van der Waals surface area contributed by atoms with Gasteiger partial charge in [0.2, 0.25) is 5.91 Å². The molecule has 2 rings (SSSR count). The number of carbonyl (C=O) groups is 2. The first-order valence-electron chi connectivity index (χ1n) is 10.8. The highest BCUT2D eigenvalue weighted by Gasteiger charge is 2.51. The molecule has 0 aliphatic carbocycles. The van der Waals surface area contributed by atoms with E-state index in [0.717, 1.165) is 10.5 Å². The average molecular weight is 453 g/mol. The van der Waals surface area contributed by atoms with Crippen LogP contribution >= 0.6 is 11.6 Å². The first-order valence-corrected chi connectivity index (χ1v) is 11.2. The van der Waals surface area contributed by atoms with Gasteiger partial charge in [-0.25, -0.2) is 4.79 Å². The number of piperidine rings is 1. The molecule has 1 unspecified atom stereocenters. The second-order valence-electron chi connectivity index (χ2n) is 10.8. The van der Waals surface area contributed by atoms with Crippen molar-refractivity contribution in [2.24, 2.45) is 16.7 Å². The SMILES string of the molecule is C[C@H](CC(C)(C)C)C(C(=O)N1CC[C@](O)(c2ccc(Cl)cc2)C(C)(C)C1)N(C)C(=O)O. The Kier molecular flexibility index (Phi) is 7.38. The van der Waals surface area contributed by atoms with Crippen LogP contribution in [0.3, 0.4) is 0 Å². The Bertz CT molecular complexity index is 803. The van der Waals surface area contributed by atoms with Gasteiger partial charge in [0.25, 0.3) is 0 Å². The summed E-state index contributed by atoms with van der Waals surface area (Å²) in [4.78, 5) is 28.2. The fourth-order valence-corrected chi connectivity index (χ4v) is 5.07. The molecule has 3 atom stereocenters. The van der Waals surface area contributed by atoms with E-state index >= 15 is 0 Å². The Morgan fingerprint density at radius 2 is 1.77 bits per heavy atom. The average Bonchev–Trinajstić information content (AvgIpc) is 2.62. The lowest BCUT2D eigenvalue weighted by Crippen LogP contribution is -2.60. The first kappa shape index (κ1) is 25.5. The maximum Gasteiger partial charge on any atom is 0.407 e. The van der Waals surface area contributed by atoms with Crippen LogP contribution in [-0.2, 0) is 10.4 Å². The summed E-state index contributed by atoms with van der Waals surface area (Å²) in [7, 11) is 1.46. The van der Waals surface area contributed by atoms with Crippen LogP contribution in [0.25, 0.3) is 0 Å². The normalized spacial score (nSPS) is 23.2. The highest BCUT2D eigenvalue weighted by Crippen LogP contribution is 2.46. The first-order chi connectivity index (χ1) is 14.1. The molecule has 0 saturated carbocycles. The van der Waals surface area contributed by atoms with Crippen molar-refractivity contribution >= 4 is 23.6 Å². The van der Waals surface area contributed by atoms with Crippen molar-refractivity contribution in [1.29, 1.82) is 0 Å². The lowest BCUT2D eigenvalue weighted by molar-refractivity contribution is -0.158. The quantitative estimate of drug-likeness (QED) is 0.669. The summed E-state index contributed by atoms with van der Waals surface area (Å²) in [5.41, 5.74) is -1.00. The van der Waals surface area contributed by atoms with Crippen LogP contribution in [0.4, 0.5) is 4.79 Å². The lowest BCUT2D eigenvalue weighted by atomic mass is 9.66. The third-order valence-corrected chi connectivity index (χ3v) is 6.78. The zero-order chi connectivity index (χ0) is 23.8. The van der Waals surface area contributed by atoms with Gasteiger partial charge in [0.05, 0.1) is 5.60 Å². The van der Waals surface area contributed by atoms with Crippen LogP contribution in [0.1, 0.15) is 59.9 Å². The molecule has 1 aliphatic rings. The van der Waals surface area contributed by atoms with Crippen LogP contribution in [0.5, 0.6) is 0 Å². The fraction of sp³-hybridized carbons (Fsp3) is 0.667. The number of carboxylic acid groups (broad SMARTS) is 1. The third-order valence-electron chi connectivity index (χ3n) is 6.53. The van der Waals surface area contributed by atoms with E-state index in [2.05, 4.69) is 20.8 Å². The Morgan fingerprint density at radius 3 is 2.23 bits per heavy atom. The highest BCUT2D eigenvalue weighted by molar-refractivity contribution is 6.30.